The quantitative estimate of drug-likeness (QED) is 0.826. The second-order valence-corrected chi connectivity index (χ2v) is 5.16. The maximum Gasteiger partial charge on any atom is 0.224 e. The molecular formula is C12H17ClN4O. The van der Waals surface area contributed by atoms with E-state index in [4.69, 9.17) is 17.3 Å². The topological polar surface area (TPSA) is 72.1 Å². The molecule has 6 heteroatoms. The first-order valence-corrected chi connectivity index (χ1v) is 6.42. The maximum atomic E-state index is 11.3. The van der Waals surface area contributed by atoms with Crippen molar-refractivity contribution in [3.05, 3.63) is 17.0 Å². The number of carbonyl (C=O) groups is 1. The number of amides is 1. The lowest BCUT2D eigenvalue weighted by molar-refractivity contribution is -0.122. The van der Waals surface area contributed by atoms with Crippen LogP contribution in [0.15, 0.2) is 6.20 Å². The van der Waals surface area contributed by atoms with Crippen molar-refractivity contribution in [1.29, 1.82) is 0 Å². The van der Waals surface area contributed by atoms with Crippen LogP contribution in [0.1, 0.15) is 25.3 Å². The van der Waals surface area contributed by atoms with Crippen LogP contribution in [-0.4, -0.2) is 28.5 Å². The third-order valence-corrected chi connectivity index (χ3v) is 3.65. The van der Waals surface area contributed by atoms with Gasteiger partial charge in [0.2, 0.25) is 11.2 Å². The summed E-state index contributed by atoms with van der Waals surface area (Å²) in [6.45, 7) is 4.66. The number of carbonyl (C=O) groups excluding carboxylic acids is 1. The van der Waals surface area contributed by atoms with Gasteiger partial charge in [-0.05, 0) is 38.3 Å². The molecular weight excluding hydrogens is 252 g/mol. The van der Waals surface area contributed by atoms with E-state index in [-0.39, 0.29) is 17.1 Å². The summed E-state index contributed by atoms with van der Waals surface area (Å²) in [6, 6.07) is 0.324. The first-order valence-electron chi connectivity index (χ1n) is 6.04. The second-order valence-electron chi connectivity index (χ2n) is 4.82. The van der Waals surface area contributed by atoms with Gasteiger partial charge in [0.1, 0.15) is 5.82 Å². The van der Waals surface area contributed by atoms with Crippen molar-refractivity contribution in [2.75, 3.05) is 11.4 Å². The summed E-state index contributed by atoms with van der Waals surface area (Å²) >= 11 is 5.84. The Labute approximate surface area is 111 Å². The van der Waals surface area contributed by atoms with E-state index in [2.05, 4.69) is 21.8 Å². The highest BCUT2D eigenvalue weighted by molar-refractivity contribution is 6.28. The minimum atomic E-state index is -0.246. The van der Waals surface area contributed by atoms with Crippen LogP contribution < -0.4 is 10.6 Å². The lowest BCUT2D eigenvalue weighted by Gasteiger charge is -2.38. The summed E-state index contributed by atoms with van der Waals surface area (Å²) in [5.74, 6) is 0.437. The summed E-state index contributed by atoms with van der Waals surface area (Å²) in [4.78, 5) is 21.6. The molecule has 0 aliphatic carbocycles. The van der Waals surface area contributed by atoms with Crippen molar-refractivity contribution in [2.45, 2.75) is 32.7 Å². The summed E-state index contributed by atoms with van der Waals surface area (Å²) in [5.41, 5.74) is 6.35. The molecule has 1 fully saturated rings. The van der Waals surface area contributed by atoms with Gasteiger partial charge >= 0.3 is 0 Å². The standard InChI is InChI=1S/C12H17ClN4O/c1-7-5-15-12(13)16-11(7)17-6-9(10(14)18)4-3-8(17)2/h5,8-9H,3-4,6H2,1-2H3,(H2,14,18). The number of primary amides is 1. The predicted octanol–water partition coefficient (Wildman–Crippen LogP) is 1.53. The van der Waals surface area contributed by atoms with E-state index < -0.39 is 0 Å². The predicted molar refractivity (Wildman–Crippen MR) is 70.5 cm³/mol. The molecule has 98 valence electrons. The Kier molecular flexibility index (Phi) is 3.71. The Hall–Kier alpha value is -1.36. The van der Waals surface area contributed by atoms with Crippen molar-refractivity contribution in [3.8, 4) is 0 Å². The summed E-state index contributed by atoms with van der Waals surface area (Å²) in [6.07, 6.45) is 3.46. The SMILES string of the molecule is Cc1cnc(Cl)nc1N1CC(C(N)=O)CCC1C. The maximum absolute atomic E-state index is 11.3. The van der Waals surface area contributed by atoms with Gasteiger partial charge < -0.3 is 10.6 Å². The average molecular weight is 269 g/mol. The number of halogens is 1. The van der Waals surface area contributed by atoms with E-state index in [1.165, 1.54) is 0 Å². The van der Waals surface area contributed by atoms with Gasteiger partial charge in [0.05, 0.1) is 5.92 Å². The smallest absolute Gasteiger partial charge is 0.224 e. The van der Waals surface area contributed by atoms with Gasteiger partial charge in [-0.25, -0.2) is 9.97 Å². The number of anilines is 1. The Morgan fingerprint density at radius 1 is 1.56 bits per heavy atom. The molecule has 5 nitrogen and oxygen atoms in total. The molecule has 2 unspecified atom stereocenters. The average Bonchev–Trinajstić information content (AvgIpc) is 2.33. The van der Waals surface area contributed by atoms with Gasteiger partial charge in [0.25, 0.3) is 0 Å². The third kappa shape index (κ3) is 2.56. The fourth-order valence-corrected chi connectivity index (χ4v) is 2.47. The highest BCUT2D eigenvalue weighted by atomic mass is 35.5. The van der Waals surface area contributed by atoms with Crippen molar-refractivity contribution < 1.29 is 4.79 Å². The molecule has 18 heavy (non-hydrogen) atoms. The first-order chi connectivity index (χ1) is 8.49. The summed E-state index contributed by atoms with van der Waals surface area (Å²) in [5, 5.41) is 0.226. The van der Waals surface area contributed by atoms with Crippen molar-refractivity contribution >= 4 is 23.3 Å². The number of piperidine rings is 1. The lowest BCUT2D eigenvalue weighted by Crippen LogP contribution is -2.46. The molecule has 1 amide bonds. The molecule has 0 spiro atoms. The van der Waals surface area contributed by atoms with Crippen LogP contribution in [0.3, 0.4) is 0 Å². The van der Waals surface area contributed by atoms with Crippen molar-refractivity contribution in [1.82, 2.24) is 9.97 Å². The van der Waals surface area contributed by atoms with Crippen LogP contribution in [0.4, 0.5) is 5.82 Å². The Morgan fingerprint density at radius 2 is 2.28 bits per heavy atom. The number of aryl methyl sites for hydroxylation is 1. The highest BCUT2D eigenvalue weighted by Crippen LogP contribution is 2.28. The zero-order valence-corrected chi connectivity index (χ0v) is 11.3. The zero-order valence-electron chi connectivity index (χ0n) is 10.6. The molecule has 1 aromatic heterocycles. The van der Waals surface area contributed by atoms with Gasteiger partial charge in [-0.2, -0.15) is 0 Å². The molecule has 0 saturated carbocycles. The molecule has 2 rings (SSSR count). The number of hydrogen-bond donors (Lipinski definition) is 1. The van der Waals surface area contributed by atoms with E-state index >= 15 is 0 Å². The molecule has 1 aliphatic heterocycles. The highest BCUT2D eigenvalue weighted by Gasteiger charge is 2.30. The number of aromatic nitrogens is 2. The Bertz CT molecular complexity index is 465. The number of hydrogen-bond acceptors (Lipinski definition) is 4. The second kappa shape index (κ2) is 5.10. The minimum Gasteiger partial charge on any atom is -0.369 e. The fourth-order valence-electron chi connectivity index (χ4n) is 2.34. The first kappa shape index (κ1) is 13.1. The zero-order chi connectivity index (χ0) is 13.3. The number of rotatable bonds is 2. The van der Waals surface area contributed by atoms with Crippen LogP contribution in [0.25, 0.3) is 0 Å². The Morgan fingerprint density at radius 3 is 2.94 bits per heavy atom. The fraction of sp³-hybridized carbons (Fsp3) is 0.583. The molecule has 0 radical (unpaired) electrons. The summed E-state index contributed by atoms with van der Waals surface area (Å²) in [7, 11) is 0. The van der Waals surface area contributed by atoms with Gasteiger partial charge in [0.15, 0.2) is 0 Å². The van der Waals surface area contributed by atoms with E-state index in [0.29, 0.717) is 12.6 Å². The van der Waals surface area contributed by atoms with Crippen LogP contribution >= 0.6 is 11.6 Å². The van der Waals surface area contributed by atoms with Crippen LogP contribution in [0, 0.1) is 12.8 Å². The number of nitrogens with zero attached hydrogens (tertiary/aromatic N) is 3. The van der Waals surface area contributed by atoms with Gasteiger partial charge in [-0.1, -0.05) is 0 Å². The molecule has 1 aromatic rings. The van der Waals surface area contributed by atoms with Gasteiger partial charge in [-0.3, -0.25) is 4.79 Å². The van der Waals surface area contributed by atoms with Crippen molar-refractivity contribution in [3.63, 3.8) is 0 Å². The van der Waals surface area contributed by atoms with E-state index in [0.717, 1.165) is 24.2 Å². The van der Waals surface area contributed by atoms with Crippen LogP contribution in [0.2, 0.25) is 5.28 Å². The van der Waals surface area contributed by atoms with E-state index in [1.54, 1.807) is 6.20 Å². The van der Waals surface area contributed by atoms with E-state index in [1.807, 2.05) is 6.92 Å². The van der Waals surface area contributed by atoms with E-state index in [9.17, 15) is 4.79 Å². The number of nitrogens with two attached hydrogens (primary N) is 1. The molecule has 0 bridgehead atoms. The van der Waals surface area contributed by atoms with Crippen molar-refractivity contribution in [2.24, 2.45) is 11.7 Å². The monoisotopic (exact) mass is 268 g/mol. The molecule has 2 atom stereocenters. The largest absolute Gasteiger partial charge is 0.369 e. The molecule has 2 heterocycles. The van der Waals surface area contributed by atoms with Gasteiger partial charge in [0, 0.05) is 24.3 Å². The minimum absolute atomic E-state index is 0.116. The third-order valence-electron chi connectivity index (χ3n) is 3.47. The van der Waals surface area contributed by atoms with Gasteiger partial charge in [-0.15, -0.1) is 0 Å². The van der Waals surface area contributed by atoms with Crippen LogP contribution in [0.5, 0.6) is 0 Å². The molecule has 0 aromatic carbocycles. The summed E-state index contributed by atoms with van der Waals surface area (Å²) < 4.78 is 0. The Balaban J connectivity index is 2.29. The lowest BCUT2D eigenvalue weighted by atomic mass is 9.93. The normalized spacial score (nSPS) is 24.1. The molecule has 1 saturated heterocycles. The van der Waals surface area contributed by atoms with Crippen LogP contribution in [-0.2, 0) is 4.79 Å². The molecule has 1 aliphatic rings. The molecule has 2 N–H and O–H groups in total.